The van der Waals surface area contributed by atoms with Gasteiger partial charge in [-0.25, -0.2) is 13.8 Å². The van der Waals surface area contributed by atoms with E-state index in [0.29, 0.717) is 16.5 Å². The largest absolute Gasteiger partial charge is 0.459 e. The van der Waals surface area contributed by atoms with E-state index in [1.807, 2.05) is 60.7 Å². The molecule has 1 aromatic heterocycles. The maximum atomic E-state index is 13.5. The molecule has 1 heterocycles. The number of carbonyl (C=O) groups excluding carboxylic acids is 1. The van der Waals surface area contributed by atoms with Crippen molar-refractivity contribution in [3.63, 3.8) is 0 Å². The van der Waals surface area contributed by atoms with Gasteiger partial charge in [0, 0.05) is 11.6 Å². The summed E-state index contributed by atoms with van der Waals surface area (Å²) in [5, 5.41) is 4.68. The Bertz CT molecular complexity index is 1700. The van der Waals surface area contributed by atoms with Gasteiger partial charge in [-0.3, -0.25) is 4.79 Å². The van der Waals surface area contributed by atoms with E-state index < -0.39 is 15.9 Å². The van der Waals surface area contributed by atoms with Crippen molar-refractivity contribution >= 4 is 33.7 Å². The van der Waals surface area contributed by atoms with Crippen LogP contribution < -0.4 is 5.43 Å². The van der Waals surface area contributed by atoms with Crippen LogP contribution in [0.4, 0.5) is 0 Å². The van der Waals surface area contributed by atoms with Crippen molar-refractivity contribution in [2.75, 3.05) is 0 Å². The summed E-state index contributed by atoms with van der Waals surface area (Å²) in [6.45, 7) is 0.110. The fourth-order valence-corrected chi connectivity index (χ4v) is 6.04. The Labute approximate surface area is 250 Å². The van der Waals surface area contributed by atoms with Crippen LogP contribution in [0.3, 0.4) is 0 Å². The van der Waals surface area contributed by atoms with Crippen LogP contribution >= 0.6 is 11.6 Å². The van der Waals surface area contributed by atoms with Crippen molar-refractivity contribution in [2.45, 2.75) is 23.9 Å². The van der Waals surface area contributed by atoms with Crippen molar-refractivity contribution in [1.82, 2.24) is 9.73 Å². The highest BCUT2D eigenvalue weighted by atomic mass is 35.5. The number of hydrogen-bond acceptors (Lipinski definition) is 5. The van der Waals surface area contributed by atoms with E-state index in [1.54, 1.807) is 66.7 Å². The van der Waals surface area contributed by atoms with Crippen molar-refractivity contribution in [1.29, 1.82) is 0 Å². The minimum Gasteiger partial charge on any atom is -0.459 e. The molecular formula is C33H28ClN3O4S. The number of sulfonamides is 1. The van der Waals surface area contributed by atoms with Gasteiger partial charge in [0.05, 0.1) is 23.6 Å². The lowest BCUT2D eigenvalue weighted by molar-refractivity contribution is -0.121. The molecule has 0 aliphatic carbocycles. The van der Waals surface area contributed by atoms with E-state index in [4.69, 9.17) is 16.0 Å². The molecule has 7 nitrogen and oxygen atoms in total. The smallest absolute Gasteiger partial charge is 0.252 e. The summed E-state index contributed by atoms with van der Waals surface area (Å²) in [5.41, 5.74) is 5.08. The number of amides is 1. The summed E-state index contributed by atoms with van der Waals surface area (Å²) in [6.07, 6.45) is 1.39. The van der Waals surface area contributed by atoms with Crippen LogP contribution in [-0.2, 0) is 27.9 Å². The number of nitrogens with one attached hydrogen (secondary N) is 1. The van der Waals surface area contributed by atoms with Gasteiger partial charge in [0.15, 0.2) is 0 Å². The lowest BCUT2D eigenvalue weighted by Crippen LogP contribution is -2.30. The normalized spacial score (nSPS) is 11.8. The number of hydrogen-bond donors (Lipinski definition) is 1. The van der Waals surface area contributed by atoms with Gasteiger partial charge < -0.3 is 4.42 Å². The molecule has 0 aliphatic rings. The lowest BCUT2D eigenvalue weighted by Gasteiger charge is -2.21. The molecule has 5 aromatic rings. The van der Waals surface area contributed by atoms with Gasteiger partial charge >= 0.3 is 0 Å². The number of furan rings is 1. The number of hydrazone groups is 1. The Hall–Kier alpha value is -4.50. The van der Waals surface area contributed by atoms with E-state index in [2.05, 4.69) is 10.5 Å². The fraction of sp³-hybridized carbons (Fsp3) is 0.0909. The van der Waals surface area contributed by atoms with Crippen LogP contribution in [0.15, 0.2) is 142 Å². The van der Waals surface area contributed by atoms with Crippen molar-refractivity contribution < 1.29 is 17.6 Å². The molecule has 1 N–H and O–H groups in total. The van der Waals surface area contributed by atoms with Crippen LogP contribution in [0.5, 0.6) is 0 Å². The SMILES string of the molecule is O=C(N/N=C\c1ccc(CN(Cc2ccc(Cl)cc2)S(=O)(=O)c2ccccc2)o1)C(c1ccccc1)c1ccccc1. The maximum absolute atomic E-state index is 13.5. The first-order valence-corrected chi connectivity index (χ1v) is 15.0. The first-order valence-electron chi connectivity index (χ1n) is 13.2. The number of benzene rings is 4. The topological polar surface area (TPSA) is 92.0 Å². The molecule has 0 unspecified atom stereocenters. The first-order chi connectivity index (χ1) is 20.4. The lowest BCUT2D eigenvalue weighted by atomic mass is 9.91. The molecule has 0 saturated carbocycles. The van der Waals surface area contributed by atoms with Gasteiger partial charge in [-0.2, -0.15) is 9.41 Å². The molecule has 5 rings (SSSR count). The van der Waals surface area contributed by atoms with Crippen LogP contribution in [-0.4, -0.2) is 24.8 Å². The predicted molar refractivity (Wildman–Crippen MR) is 163 cm³/mol. The third kappa shape index (κ3) is 7.22. The van der Waals surface area contributed by atoms with Crippen LogP contribution in [0.1, 0.15) is 34.1 Å². The highest BCUT2D eigenvalue weighted by Gasteiger charge is 2.26. The molecule has 0 fully saturated rings. The zero-order valence-electron chi connectivity index (χ0n) is 22.5. The minimum atomic E-state index is -3.84. The second kappa shape index (κ2) is 13.4. The zero-order chi connectivity index (χ0) is 29.4. The molecule has 0 radical (unpaired) electrons. The molecule has 9 heteroatoms. The monoisotopic (exact) mass is 597 g/mol. The average Bonchev–Trinajstić information content (AvgIpc) is 3.46. The van der Waals surface area contributed by atoms with Crippen LogP contribution in [0, 0.1) is 0 Å². The van der Waals surface area contributed by atoms with E-state index >= 15 is 0 Å². The van der Waals surface area contributed by atoms with Gasteiger partial charge in [-0.1, -0.05) is 103 Å². The third-order valence-electron chi connectivity index (χ3n) is 6.56. The molecule has 212 valence electrons. The summed E-state index contributed by atoms with van der Waals surface area (Å²) in [5.74, 6) is -0.0487. The van der Waals surface area contributed by atoms with Crippen molar-refractivity contribution in [2.24, 2.45) is 5.10 Å². The molecule has 0 aliphatic heterocycles. The second-order valence-electron chi connectivity index (χ2n) is 9.51. The average molecular weight is 598 g/mol. The summed E-state index contributed by atoms with van der Waals surface area (Å²) >= 11 is 6.02. The predicted octanol–water partition coefficient (Wildman–Crippen LogP) is 6.61. The molecule has 0 spiro atoms. The Morgan fingerprint density at radius 1 is 0.786 bits per heavy atom. The molecule has 1 amide bonds. The number of rotatable bonds is 11. The number of nitrogens with zero attached hydrogens (tertiary/aromatic N) is 2. The van der Waals surface area contributed by atoms with Crippen molar-refractivity contribution in [3.8, 4) is 0 Å². The summed E-state index contributed by atoms with van der Waals surface area (Å²) in [6, 6.07) is 37.6. The standard InChI is InChI=1S/C33H28ClN3O4S/c34-28-18-16-25(17-19-28)23-37(42(39,40)31-14-8-3-9-15-31)24-30-21-20-29(41-30)22-35-36-33(38)32(26-10-4-1-5-11-26)27-12-6-2-7-13-27/h1-22,32H,23-24H2,(H,36,38)/b35-22-. The summed E-state index contributed by atoms with van der Waals surface area (Å²) in [4.78, 5) is 13.4. The van der Waals surface area contributed by atoms with Gasteiger partial charge in [0.25, 0.3) is 5.91 Å². The Balaban J connectivity index is 1.31. The van der Waals surface area contributed by atoms with Gasteiger partial charge in [-0.15, -0.1) is 0 Å². The van der Waals surface area contributed by atoms with Crippen LogP contribution in [0.25, 0.3) is 0 Å². The van der Waals surface area contributed by atoms with E-state index in [9.17, 15) is 13.2 Å². The number of halogens is 1. The first kappa shape index (κ1) is 29.0. The van der Waals surface area contributed by atoms with Crippen LogP contribution in [0.2, 0.25) is 5.02 Å². The maximum Gasteiger partial charge on any atom is 0.252 e. The quantitative estimate of drug-likeness (QED) is 0.137. The third-order valence-corrected chi connectivity index (χ3v) is 8.62. The zero-order valence-corrected chi connectivity index (χ0v) is 24.1. The molecule has 0 bridgehead atoms. The van der Waals surface area contributed by atoms with Gasteiger partial charge in [0.2, 0.25) is 10.0 Å². The Kier molecular flexibility index (Phi) is 9.28. The second-order valence-corrected chi connectivity index (χ2v) is 11.9. The number of carbonyl (C=O) groups is 1. The molecule has 0 atom stereocenters. The highest BCUT2D eigenvalue weighted by molar-refractivity contribution is 7.89. The van der Waals surface area contributed by atoms with Gasteiger partial charge in [0.1, 0.15) is 11.5 Å². The molecule has 0 saturated heterocycles. The molecule has 4 aromatic carbocycles. The van der Waals surface area contributed by atoms with E-state index in [0.717, 1.165) is 16.7 Å². The summed E-state index contributed by atoms with van der Waals surface area (Å²) < 4.78 is 34.3. The van der Waals surface area contributed by atoms with Gasteiger partial charge in [-0.05, 0) is 53.1 Å². The fourth-order valence-electron chi connectivity index (χ4n) is 4.49. The van der Waals surface area contributed by atoms with E-state index in [1.165, 1.54) is 10.5 Å². The molecule has 42 heavy (non-hydrogen) atoms. The van der Waals surface area contributed by atoms with E-state index in [-0.39, 0.29) is 23.9 Å². The Morgan fingerprint density at radius 3 is 1.95 bits per heavy atom. The summed E-state index contributed by atoms with van der Waals surface area (Å²) in [7, 11) is -3.84. The minimum absolute atomic E-state index is 0.00978. The van der Waals surface area contributed by atoms with Crippen molar-refractivity contribution in [3.05, 3.63) is 161 Å². The molecular weight excluding hydrogens is 570 g/mol. The highest BCUT2D eigenvalue weighted by Crippen LogP contribution is 2.25. The Morgan fingerprint density at radius 2 is 1.36 bits per heavy atom.